The summed E-state index contributed by atoms with van der Waals surface area (Å²) in [4.78, 5) is 14.1. The number of amides is 1. The second-order valence-electron chi connectivity index (χ2n) is 6.36. The quantitative estimate of drug-likeness (QED) is 0.722. The third-order valence-electron chi connectivity index (χ3n) is 4.33. The highest BCUT2D eigenvalue weighted by Crippen LogP contribution is 2.35. The summed E-state index contributed by atoms with van der Waals surface area (Å²) in [6.07, 6.45) is 4.71. The van der Waals surface area contributed by atoms with E-state index in [2.05, 4.69) is 50.4 Å². The average molecular weight is 255 g/mol. The maximum absolute atomic E-state index is 11.8. The van der Waals surface area contributed by atoms with Gasteiger partial charge in [0.25, 0.3) is 0 Å². The first-order chi connectivity index (χ1) is 8.31. The first kappa shape index (κ1) is 15.4. The molecular formula is C14H29N3O. The van der Waals surface area contributed by atoms with Crippen molar-refractivity contribution in [2.45, 2.75) is 57.5 Å². The Morgan fingerprint density at radius 1 is 1.33 bits per heavy atom. The first-order valence-electron chi connectivity index (χ1n) is 7.00. The van der Waals surface area contributed by atoms with Crippen LogP contribution in [0.2, 0.25) is 0 Å². The Balaban J connectivity index is 2.27. The minimum absolute atomic E-state index is 0.0927. The molecule has 0 aliphatic heterocycles. The standard InChI is InChI=1S/C14H29N3O/c1-6-13(2,3)16-12(18)10-15-11-14(17(4)5)8-7-9-14/h15H,6-11H2,1-5H3,(H,16,18). The van der Waals surface area contributed by atoms with Gasteiger partial charge < -0.3 is 15.5 Å². The van der Waals surface area contributed by atoms with Gasteiger partial charge in [0.15, 0.2) is 0 Å². The van der Waals surface area contributed by atoms with Gasteiger partial charge in [0, 0.05) is 17.6 Å². The van der Waals surface area contributed by atoms with Crippen LogP contribution >= 0.6 is 0 Å². The lowest BCUT2D eigenvalue weighted by molar-refractivity contribution is -0.122. The molecule has 0 aromatic carbocycles. The molecule has 0 atom stereocenters. The number of likely N-dealkylation sites (N-methyl/N-ethyl adjacent to an activating group) is 1. The first-order valence-corrected chi connectivity index (χ1v) is 7.00. The molecule has 4 nitrogen and oxygen atoms in total. The van der Waals surface area contributed by atoms with Gasteiger partial charge in [0.1, 0.15) is 0 Å². The normalized spacial score (nSPS) is 18.6. The van der Waals surface area contributed by atoms with E-state index in [9.17, 15) is 4.79 Å². The highest BCUT2D eigenvalue weighted by atomic mass is 16.2. The van der Waals surface area contributed by atoms with E-state index in [1.807, 2.05) is 0 Å². The van der Waals surface area contributed by atoms with E-state index >= 15 is 0 Å². The number of nitrogens with zero attached hydrogens (tertiary/aromatic N) is 1. The van der Waals surface area contributed by atoms with E-state index in [0.717, 1.165) is 13.0 Å². The van der Waals surface area contributed by atoms with Crippen molar-refractivity contribution in [3.63, 3.8) is 0 Å². The number of hydrogen-bond donors (Lipinski definition) is 2. The molecule has 0 radical (unpaired) electrons. The van der Waals surface area contributed by atoms with Crippen molar-refractivity contribution >= 4 is 5.91 Å². The third-order valence-corrected chi connectivity index (χ3v) is 4.33. The monoisotopic (exact) mass is 255 g/mol. The summed E-state index contributed by atoms with van der Waals surface area (Å²) in [5, 5.41) is 6.34. The summed E-state index contributed by atoms with van der Waals surface area (Å²) in [6.45, 7) is 7.51. The smallest absolute Gasteiger partial charge is 0.234 e. The number of carbonyl (C=O) groups is 1. The molecule has 1 aliphatic carbocycles. The number of rotatable bonds is 7. The van der Waals surface area contributed by atoms with E-state index in [1.165, 1.54) is 19.3 Å². The highest BCUT2D eigenvalue weighted by molar-refractivity contribution is 5.78. The van der Waals surface area contributed by atoms with Gasteiger partial charge in [-0.3, -0.25) is 4.79 Å². The van der Waals surface area contributed by atoms with Crippen LogP contribution in [0.1, 0.15) is 46.5 Å². The molecule has 106 valence electrons. The number of carbonyl (C=O) groups excluding carboxylic acids is 1. The molecule has 0 unspecified atom stereocenters. The summed E-state index contributed by atoms with van der Waals surface area (Å²) in [5.74, 6) is 0.0927. The predicted octanol–water partition coefficient (Wildman–Crippen LogP) is 1.37. The van der Waals surface area contributed by atoms with Crippen LogP contribution in [0.4, 0.5) is 0 Å². The van der Waals surface area contributed by atoms with Crippen LogP contribution in [-0.4, -0.2) is 49.1 Å². The van der Waals surface area contributed by atoms with E-state index in [-0.39, 0.29) is 17.0 Å². The molecule has 1 rings (SSSR count). The molecule has 0 heterocycles. The number of nitrogens with one attached hydrogen (secondary N) is 2. The van der Waals surface area contributed by atoms with Crippen molar-refractivity contribution in [2.75, 3.05) is 27.2 Å². The van der Waals surface area contributed by atoms with Crippen LogP contribution < -0.4 is 10.6 Å². The SMILES string of the molecule is CCC(C)(C)NC(=O)CNCC1(N(C)C)CCC1. The molecule has 0 bridgehead atoms. The Morgan fingerprint density at radius 2 is 1.94 bits per heavy atom. The van der Waals surface area contributed by atoms with Gasteiger partial charge in [0.05, 0.1) is 6.54 Å². The molecule has 0 spiro atoms. The molecule has 1 fully saturated rings. The van der Waals surface area contributed by atoms with Gasteiger partial charge in [-0.1, -0.05) is 6.92 Å². The second-order valence-corrected chi connectivity index (χ2v) is 6.36. The van der Waals surface area contributed by atoms with Gasteiger partial charge in [-0.15, -0.1) is 0 Å². The van der Waals surface area contributed by atoms with Crippen LogP contribution in [-0.2, 0) is 4.79 Å². The molecule has 1 aliphatic rings. The Hall–Kier alpha value is -0.610. The van der Waals surface area contributed by atoms with Crippen LogP contribution in [0.5, 0.6) is 0 Å². The zero-order valence-electron chi connectivity index (χ0n) is 12.6. The fourth-order valence-corrected chi connectivity index (χ4v) is 2.29. The molecular weight excluding hydrogens is 226 g/mol. The van der Waals surface area contributed by atoms with Gasteiger partial charge in [-0.25, -0.2) is 0 Å². The van der Waals surface area contributed by atoms with E-state index in [0.29, 0.717) is 6.54 Å². The third kappa shape index (κ3) is 3.95. The maximum atomic E-state index is 11.8. The van der Waals surface area contributed by atoms with Crippen LogP contribution in [0, 0.1) is 0 Å². The van der Waals surface area contributed by atoms with E-state index in [4.69, 9.17) is 0 Å². The second kappa shape index (κ2) is 6.02. The molecule has 1 saturated carbocycles. The van der Waals surface area contributed by atoms with Gasteiger partial charge >= 0.3 is 0 Å². The molecule has 0 aromatic rings. The van der Waals surface area contributed by atoms with Crippen molar-refractivity contribution < 1.29 is 4.79 Å². The highest BCUT2D eigenvalue weighted by Gasteiger charge is 2.38. The topological polar surface area (TPSA) is 44.4 Å². The van der Waals surface area contributed by atoms with Crippen molar-refractivity contribution in [3.8, 4) is 0 Å². The summed E-state index contributed by atoms with van der Waals surface area (Å²) >= 11 is 0. The zero-order chi connectivity index (χ0) is 13.8. The van der Waals surface area contributed by atoms with Crippen LogP contribution in [0.25, 0.3) is 0 Å². The maximum Gasteiger partial charge on any atom is 0.234 e. The zero-order valence-corrected chi connectivity index (χ0v) is 12.6. The molecule has 18 heavy (non-hydrogen) atoms. The lowest BCUT2D eigenvalue weighted by Crippen LogP contribution is -2.57. The summed E-state index contributed by atoms with van der Waals surface area (Å²) in [7, 11) is 4.25. The van der Waals surface area contributed by atoms with Gasteiger partial charge in [-0.2, -0.15) is 0 Å². The van der Waals surface area contributed by atoms with Gasteiger partial charge in [0.2, 0.25) is 5.91 Å². The largest absolute Gasteiger partial charge is 0.350 e. The van der Waals surface area contributed by atoms with Crippen molar-refractivity contribution in [1.29, 1.82) is 0 Å². The Labute approximate surface area is 111 Å². The van der Waals surface area contributed by atoms with Crippen molar-refractivity contribution in [3.05, 3.63) is 0 Å². The molecule has 4 heteroatoms. The molecule has 2 N–H and O–H groups in total. The summed E-state index contributed by atoms with van der Waals surface area (Å²) < 4.78 is 0. The molecule has 0 aromatic heterocycles. The fourth-order valence-electron chi connectivity index (χ4n) is 2.29. The predicted molar refractivity (Wildman–Crippen MR) is 75.7 cm³/mol. The van der Waals surface area contributed by atoms with Crippen LogP contribution in [0.3, 0.4) is 0 Å². The minimum atomic E-state index is -0.103. The Morgan fingerprint density at radius 3 is 2.33 bits per heavy atom. The number of hydrogen-bond acceptors (Lipinski definition) is 3. The fraction of sp³-hybridized carbons (Fsp3) is 0.929. The Bertz CT molecular complexity index is 283. The molecule has 0 saturated heterocycles. The van der Waals surface area contributed by atoms with Crippen LogP contribution in [0.15, 0.2) is 0 Å². The van der Waals surface area contributed by atoms with Crippen molar-refractivity contribution in [1.82, 2.24) is 15.5 Å². The summed E-state index contributed by atoms with van der Waals surface area (Å²) in [5.41, 5.74) is 0.176. The lowest BCUT2D eigenvalue weighted by atomic mass is 9.75. The van der Waals surface area contributed by atoms with E-state index < -0.39 is 0 Å². The van der Waals surface area contributed by atoms with Crippen molar-refractivity contribution in [2.24, 2.45) is 0 Å². The minimum Gasteiger partial charge on any atom is -0.350 e. The average Bonchev–Trinajstić information content (AvgIpc) is 2.20. The van der Waals surface area contributed by atoms with E-state index in [1.54, 1.807) is 0 Å². The lowest BCUT2D eigenvalue weighted by Gasteiger charge is -2.47. The Kier molecular flexibility index (Phi) is 5.17. The summed E-state index contributed by atoms with van der Waals surface area (Å²) in [6, 6.07) is 0. The van der Waals surface area contributed by atoms with Gasteiger partial charge in [-0.05, 0) is 53.6 Å². The molecule has 1 amide bonds.